The van der Waals surface area contributed by atoms with Crippen LogP contribution in [0.5, 0.6) is 0 Å². The molecule has 1 heterocycles. The first-order valence-electron chi connectivity index (χ1n) is 12.7. The van der Waals surface area contributed by atoms with Crippen LogP contribution in [0, 0.1) is 0 Å². The normalized spacial score (nSPS) is 20.1. The van der Waals surface area contributed by atoms with Crippen LogP contribution in [0.1, 0.15) is 54.7 Å². The first-order chi connectivity index (χ1) is 18.0. The first-order valence-corrected chi connectivity index (χ1v) is 13.1. The van der Waals surface area contributed by atoms with E-state index in [1.54, 1.807) is 11.8 Å². The minimum atomic E-state index is -0.646. The highest BCUT2D eigenvalue weighted by Gasteiger charge is 2.53. The van der Waals surface area contributed by atoms with E-state index in [9.17, 15) is 9.59 Å². The molecular formula is C33H31ClN2O2. The van der Waals surface area contributed by atoms with Crippen molar-refractivity contribution in [2.75, 3.05) is 4.90 Å². The summed E-state index contributed by atoms with van der Waals surface area (Å²) in [5.74, 6) is -0.169. The molecule has 2 N–H and O–H groups in total. The van der Waals surface area contributed by atoms with E-state index in [4.69, 9.17) is 17.3 Å². The number of nitrogens with two attached hydrogens (primary N) is 1. The van der Waals surface area contributed by atoms with E-state index in [1.807, 2.05) is 98.8 Å². The van der Waals surface area contributed by atoms with Crippen LogP contribution in [0.15, 0.2) is 97.1 Å². The number of hydrogen-bond donors (Lipinski definition) is 1. The molecule has 192 valence electrons. The molecule has 4 aromatic carbocycles. The van der Waals surface area contributed by atoms with Crippen LogP contribution < -0.4 is 10.6 Å². The minimum Gasteiger partial charge on any atom is -0.325 e. The Morgan fingerprint density at radius 3 is 1.92 bits per heavy atom. The molecule has 1 aliphatic rings. The van der Waals surface area contributed by atoms with Crippen LogP contribution in [0.2, 0.25) is 5.02 Å². The molecule has 4 nitrogen and oxygen atoms in total. The number of ketones is 1. The van der Waals surface area contributed by atoms with Gasteiger partial charge >= 0.3 is 0 Å². The molecule has 0 aliphatic carbocycles. The second kappa shape index (κ2) is 9.54. The van der Waals surface area contributed by atoms with Crippen molar-refractivity contribution >= 4 is 29.0 Å². The summed E-state index contributed by atoms with van der Waals surface area (Å²) >= 11 is 6.02. The van der Waals surface area contributed by atoms with Crippen LogP contribution in [-0.4, -0.2) is 23.3 Å². The van der Waals surface area contributed by atoms with Crippen LogP contribution in [0.4, 0.5) is 5.69 Å². The lowest BCUT2D eigenvalue weighted by Crippen LogP contribution is -2.68. The summed E-state index contributed by atoms with van der Waals surface area (Å²) in [5, 5.41) is 0.682. The third-order valence-corrected chi connectivity index (χ3v) is 8.28. The Balaban J connectivity index is 1.60. The molecule has 0 fully saturated rings. The molecule has 0 radical (unpaired) electrons. The minimum absolute atomic E-state index is 0.0846. The summed E-state index contributed by atoms with van der Waals surface area (Å²) in [6.07, 6.45) is 0. The average Bonchev–Trinajstić information content (AvgIpc) is 2.92. The molecule has 0 saturated carbocycles. The lowest BCUT2D eigenvalue weighted by atomic mass is 9.61. The summed E-state index contributed by atoms with van der Waals surface area (Å²) in [5.41, 5.74) is 11.6. The van der Waals surface area contributed by atoms with Crippen LogP contribution in [0.25, 0.3) is 11.1 Å². The van der Waals surface area contributed by atoms with Gasteiger partial charge in [0.2, 0.25) is 5.91 Å². The van der Waals surface area contributed by atoms with Gasteiger partial charge in [0.25, 0.3) is 0 Å². The van der Waals surface area contributed by atoms with Crippen molar-refractivity contribution in [3.05, 3.63) is 124 Å². The van der Waals surface area contributed by atoms with Gasteiger partial charge in [-0.15, -0.1) is 0 Å². The lowest BCUT2D eigenvalue weighted by Gasteiger charge is -2.55. The Morgan fingerprint density at radius 1 is 0.789 bits per heavy atom. The first kappa shape index (κ1) is 25.9. The quantitative estimate of drug-likeness (QED) is 0.293. The maximum atomic E-state index is 13.7. The smallest absolute Gasteiger partial charge is 0.224 e. The highest BCUT2D eigenvalue weighted by Crippen LogP contribution is 2.50. The second-order valence-electron chi connectivity index (χ2n) is 10.7. The van der Waals surface area contributed by atoms with Crippen molar-refractivity contribution in [2.24, 2.45) is 5.73 Å². The SMILES string of the molecule is CC(=O)N1c2ccc(C(=O)c3ccc(-c4ccc(Cl)cc4)cc3)cc2C(C)(c2ccccc2)C(N)C1(C)C. The van der Waals surface area contributed by atoms with Gasteiger partial charge in [0.15, 0.2) is 5.78 Å². The van der Waals surface area contributed by atoms with E-state index in [-0.39, 0.29) is 11.7 Å². The van der Waals surface area contributed by atoms with Gasteiger partial charge in [-0.3, -0.25) is 9.59 Å². The number of nitrogens with zero attached hydrogens (tertiary/aromatic N) is 1. The van der Waals surface area contributed by atoms with Gasteiger partial charge in [0, 0.05) is 40.2 Å². The van der Waals surface area contributed by atoms with E-state index < -0.39 is 17.0 Å². The Morgan fingerprint density at radius 2 is 1.34 bits per heavy atom. The van der Waals surface area contributed by atoms with Crippen molar-refractivity contribution in [2.45, 2.75) is 44.7 Å². The number of carbonyl (C=O) groups excluding carboxylic acids is 2. The van der Waals surface area contributed by atoms with Crippen LogP contribution >= 0.6 is 11.6 Å². The standard InChI is InChI=1S/C33H31ClN2O2/c1-21(37)36-29-19-16-25(30(38)24-12-10-22(11-13-24)23-14-17-27(34)18-15-23)20-28(29)33(4,31(35)32(36,2)3)26-8-6-5-7-9-26/h5-20,31H,35H2,1-4H3. The maximum absolute atomic E-state index is 13.7. The third kappa shape index (κ3) is 4.14. The van der Waals surface area contributed by atoms with E-state index in [1.165, 1.54) is 0 Å². The predicted octanol–water partition coefficient (Wildman–Crippen LogP) is 7.02. The highest BCUT2D eigenvalue weighted by molar-refractivity contribution is 6.30. The fourth-order valence-corrected chi connectivity index (χ4v) is 6.06. The van der Waals surface area contributed by atoms with Crippen LogP contribution in [0.3, 0.4) is 0 Å². The largest absolute Gasteiger partial charge is 0.325 e. The number of amides is 1. The molecule has 1 aliphatic heterocycles. The zero-order chi connectivity index (χ0) is 27.2. The van der Waals surface area contributed by atoms with Gasteiger partial charge in [0.05, 0.1) is 5.54 Å². The average molecular weight is 523 g/mol. The van der Waals surface area contributed by atoms with Gasteiger partial charge in [-0.1, -0.05) is 78.3 Å². The van der Waals surface area contributed by atoms with Gasteiger partial charge in [0.1, 0.15) is 0 Å². The predicted molar refractivity (Wildman–Crippen MR) is 155 cm³/mol. The van der Waals surface area contributed by atoms with Crippen molar-refractivity contribution in [1.82, 2.24) is 0 Å². The fraction of sp³-hybridized carbons (Fsp3) is 0.212. The number of benzene rings is 4. The second-order valence-corrected chi connectivity index (χ2v) is 11.1. The summed E-state index contributed by atoms with van der Waals surface area (Å²) in [7, 11) is 0. The van der Waals surface area contributed by atoms with E-state index in [0.29, 0.717) is 16.1 Å². The number of carbonyl (C=O) groups is 2. The molecule has 0 bridgehead atoms. The molecule has 0 saturated heterocycles. The van der Waals surface area contributed by atoms with Gasteiger partial charge in [-0.05, 0) is 73.4 Å². The number of halogens is 1. The number of rotatable bonds is 4. The Labute approximate surface area is 229 Å². The Kier molecular flexibility index (Phi) is 6.50. The molecular weight excluding hydrogens is 492 g/mol. The van der Waals surface area contributed by atoms with Crippen molar-refractivity contribution in [3.63, 3.8) is 0 Å². The molecule has 0 aromatic heterocycles. The summed E-state index contributed by atoms with van der Waals surface area (Å²) < 4.78 is 0. The highest BCUT2D eigenvalue weighted by atomic mass is 35.5. The molecule has 38 heavy (non-hydrogen) atoms. The molecule has 2 unspecified atom stereocenters. The van der Waals surface area contributed by atoms with E-state index >= 15 is 0 Å². The zero-order valence-corrected chi connectivity index (χ0v) is 22.8. The van der Waals surface area contributed by atoms with Crippen molar-refractivity contribution in [1.29, 1.82) is 0 Å². The molecule has 1 amide bonds. The molecule has 5 rings (SSSR count). The van der Waals surface area contributed by atoms with Gasteiger partial charge < -0.3 is 10.6 Å². The van der Waals surface area contributed by atoms with Crippen LogP contribution in [-0.2, 0) is 10.2 Å². The summed E-state index contributed by atoms with van der Waals surface area (Å²) in [4.78, 5) is 28.3. The Bertz CT molecular complexity index is 1510. The van der Waals surface area contributed by atoms with Crippen molar-refractivity contribution in [3.8, 4) is 11.1 Å². The van der Waals surface area contributed by atoms with Gasteiger partial charge in [-0.2, -0.15) is 0 Å². The zero-order valence-electron chi connectivity index (χ0n) is 22.0. The topological polar surface area (TPSA) is 63.4 Å². The number of anilines is 1. The summed E-state index contributed by atoms with van der Waals surface area (Å²) in [6.45, 7) is 7.68. The molecule has 4 aromatic rings. The third-order valence-electron chi connectivity index (χ3n) is 8.03. The van der Waals surface area contributed by atoms with Gasteiger partial charge in [-0.25, -0.2) is 0 Å². The molecule has 0 spiro atoms. The Hall–Kier alpha value is -3.73. The fourth-order valence-electron chi connectivity index (χ4n) is 5.93. The molecule has 5 heteroatoms. The maximum Gasteiger partial charge on any atom is 0.224 e. The number of fused-ring (bicyclic) bond motifs is 1. The monoisotopic (exact) mass is 522 g/mol. The summed E-state index contributed by atoms with van der Waals surface area (Å²) in [6, 6.07) is 30.5. The van der Waals surface area contributed by atoms with Crippen molar-refractivity contribution < 1.29 is 9.59 Å². The lowest BCUT2D eigenvalue weighted by molar-refractivity contribution is -0.118. The van der Waals surface area contributed by atoms with E-state index in [0.717, 1.165) is 27.9 Å². The number of hydrogen-bond acceptors (Lipinski definition) is 3. The molecule has 2 atom stereocenters. The van der Waals surface area contributed by atoms with E-state index in [2.05, 4.69) is 19.1 Å².